The van der Waals surface area contributed by atoms with Gasteiger partial charge in [-0.15, -0.1) is 0 Å². The molecule has 1 fully saturated rings. The van der Waals surface area contributed by atoms with Gasteiger partial charge in [-0.1, -0.05) is 11.6 Å². The molecule has 0 unspecified atom stereocenters. The van der Waals surface area contributed by atoms with Crippen LogP contribution >= 0.6 is 11.6 Å². The molecular formula is C17H16ClN5O. The van der Waals surface area contributed by atoms with Gasteiger partial charge in [0.15, 0.2) is 0 Å². The first-order valence-electron chi connectivity index (χ1n) is 7.91. The maximum absolute atomic E-state index is 12.5. The Morgan fingerprint density at radius 1 is 1.21 bits per heavy atom. The van der Waals surface area contributed by atoms with E-state index in [1.165, 1.54) is 23.3 Å². The molecule has 3 aromatic heterocycles. The number of aromatic nitrogens is 4. The van der Waals surface area contributed by atoms with Crippen LogP contribution in [0.1, 0.15) is 34.9 Å². The molecule has 1 N–H and O–H groups in total. The fraction of sp³-hybridized carbons (Fsp3) is 0.294. The Hall–Kier alpha value is -2.47. The highest BCUT2D eigenvalue weighted by Gasteiger charge is 2.27. The number of carbonyl (C=O) groups is 1. The molecule has 0 bridgehead atoms. The number of halogens is 1. The highest BCUT2D eigenvalue weighted by atomic mass is 35.5. The summed E-state index contributed by atoms with van der Waals surface area (Å²) in [5.74, 6) is 0.498. The molecule has 0 radical (unpaired) electrons. The minimum absolute atomic E-state index is 0.134. The number of carbonyl (C=O) groups excluding carboxylic acids is 1. The number of H-pyrrole nitrogens is 1. The number of hydrogen-bond donors (Lipinski definition) is 1. The van der Waals surface area contributed by atoms with Gasteiger partial charge in [-0.05, 0) is 36.5 Å². The molecule has 1 aliphatic heterocycles. The molecule has 3 aromatic rings. The summed E-state index contributed by atoms with van der Waals surface area (Å²) < 4.78 is 0. The van der Waals surface area contributed by atoms with Crippen molar-refractivity contribution < 1.29 is 4.79 Å². The molecular weight excluding hydrogens is 326 g/mol. The number of piperidine rings is 1. The number of nitrogens with zero attached hydrogens (tertiary/aromatic N) is 4. The van der Waals surface area contributed by atoms with E-state index in [9.17, 15) is 4.79 Å². The number of amides is 1. The van der Waals surface area contributed by atoms with E-state index < -0.39 is 0 Å². The monoisotopic (exact) mass is 341 g/mol. The normalized spacial score (nSPS) is 15.8. The molecule has 0 spiro atoms. The molecule has 4 heterocycles. The van der Waals surface area contributed by atoms with Gasteiger partial charge in [-0.25, -0.2) is 15.0 Å². The molecule has 7 heteroatoms. The molecule has 1 amide bonds. The van der Waals surface area contributed by atoms with E-state index in [-0.39, 0.29) is 11.7 Å². The first kappa shape index (κ1) is 15.1. The van der Waals surface area contributed by atoms with Gasteiger partial charge >= 0.3 is 0 Å². The number of fused-ring (bicyclic) bond motifs is 1. The lowest BCUT2D eigenvalue weighted by molar-refractivity contribution is 0.0701. The van der Waals surface area contributed by atoms with Crippen molar-refractivity contribution >= 4 is 28.5 Å². The molecule has 1 saturated heterocycles. The summed E-state index contributed by atoms with van der Waals surface area (Å²) in [5, 5.41) is 1.60. The van der Waals surface area contributed by atoms with Crippen LogP contribution in [-0.2, 0) is 0 Å². The summed E-state index contributed by atoms with van der Waals surface area (Å²) >= 11 is 5.77. The number of nitrogens with one attached hydrogen (secondary N) is 1. The summed E-state index contributed by atoms with van der Waals surface area (Å²) in [6.45, 7) is 1.39. The van der Waals surface area contributed by atoms with Crippen LogP contribution in [0.15, 0.2) is 36.9 Å². The van der Waals surface area contributed by atoms with E-state index in [1.54, 1.807) is 6.20 Å². The second kappa shape index (κ2) is 6.20. The van der Waals surface area contributed by atoms with Gasteiger partial charge in [0.05, 0.1) is 5.02 Å². The molecule has 4 rings (SSSR count). The zero-order valence-electron chi connectivity index (χ0n) is 12.9. The van der Waals surface area contributed by atoms with Gasteiger partial charge in [0.2, 0.25) is 5.82 Å². The number of pyridine rings is 1. The van der Waals surface area contributed by atoms with Gasteiger partial charge in [0.25, 0.3) is 5.91 Å². The fourth-order valence-electron chi connectivity index (χ4n) is 3.27. The smallest absolute Gasteiger partial charge is 0.291 e. The van der Waals surface area contributed by atoms with Gasteiger partial charge in [-0.3, -0.25) is 4.79 Å². The predicted molar refractivity (Wildman–Crippen MR) is 91.0 cm³/mol. The lowest BCUT2D eigenvalue weighted by Crippen LogP contribution is -2.38. The van der Waals surface area contributed by atoms with Gasteiger partial charge in [0.1, 0.15) is 5.65 Å². The van der Waals surface area contributed by atoms with Crippen molar-refractivity contribution in [3.63, 3.8) is 0 Å². The first-order valence-corrected chi connectivity index (χ1v) is 8.29. The number of hydrogen-bond acceptors (Lipinski definition) is 4. The second-order valence-corrected chi connectivity index (χ2v) is 6.37. The molecule has 24 heavy (non-hydrogen) atoms. The zero-order valence-corrected chi connectivity index (χ0v) is 13.7. The molecule has 0 atom stereocenters. The Bertz CT molecular complexity index is 868. The third-order valence-corrected chi connectivity index (χ3v) is 4.71. The summed E-state index contributed by atoms with van der Waals surface area (Å²) in [6, 6.07) is 4.05. The molecule has 1 aliphatic rings. The van der Waals surface area contributed by atoms with Crippen molar-refractivity contribution in [2.45, 2.75) is 18.8 Å². The molecule has 0 saturated carbocycles. The largest absolute Gasteiger partial charge is 0.346 e. The average molecular weight is 342 g/mol. The van der Waals surface area contributed by atoms with E-state index in [0.29, 0.717) is 24.0 Å². The van der Waals surface area contributed by atoms with Crippen LogP contribution in [0, 0.1) is 0 Å². The Morgan fingerprint density at radius 3 is 2.71 bits per heavy atom. The van der Waals surface area contributed by atoms with E-state index >= 15 is 0 Å². The highest BCUT2D eigenvalue weighted by molar-refractivity contribution is 6.30. The van der Waals surface area contributed by atoms with Crippen molar-refractivity contribution in [1.82, 2.24) is 24.8 Å². The minimum Gasteiger partial charge on any atom is -0.346 e. The highest BCUT2D eigenvalue weighted by Crippen LogP contribution is 2.32. The third-order valence-electron chi connectivity index (χ3n) is 4.52. The third kappa shape index (κ3) is 2.73. The van der Waals surface area contributed by atoms with E-state index in [1.807, 2.05) is 17.2 Å². The Morgan fingerprint density at radius 2 is 1.96 bits per heavy atom. The van der Waals surface area contributed by atoms with Crippen LogP contribution in [0.2, 0.25) is 5.02 Å². The fourth-order valence-corrected chi connectivity index (χ4v) is 3.37. The van der Waals surface area contributed by atoms with Gasteiger partial charge in [0, 0.05) is 43.3 Å². The van der Waals surface area contributed by atoms with Gasteiger partial charge in [-0.2, -0.15) is 0 Å². The topological polar surface area (TPSA) is 74.8 Å². The van der Waals surface area contributed by atoms with Gasteiger partial charge < -0.3 is 9.88 Å². The number of likely N-dealkylation sites (tertiary alicyclic amines) is 1. The Kier molecular flexibility index (Phi) is 3.90. The lowest BCUT2D eigenvalue weighted by atomic mass is 9.89. The molecule has 0 aliphatic carbocycles. The second-order valence-electron chi connectivity index (χ2n) is 5.93. The van der Waals surface area contributed by atoms with E-state index in [2.05, 4.69) is 26.0 Å². The summed E-state index contributed by atoms with van der Waals surface area (Å²) in [4.78, 5) is 29.9. The van der Waals surface area contributed by atoms with Crippen molar-refractivity contribution in [1.29, 1.82) is 0 Å². The maximum Gasteiger partial charge on any atom is 0.291 e. The van der Waals surface area contributed by atoms with Crippen molar-refractivity contribution in [2.75, 3.05) is 13.1 Å². The van der Waals surface area contributed by atoms with Crippen molar-refractivity contribution in [3.8, 4) is 0 Å². The van der Waals surface area contributed by atoms with Crippen LogP contribution < -0.4 is 0 Å². The van der Waals surface area contributed by atoms with E-state index in [0.717, 1.165) is 18.5 Å². The quantitative estimate of drug-likeness (QED) is 0.777. The molecule has 0 aromatic carbocycles. The van der Waals surface area contributed by atoms with E-state index in [4.69, 9.17) is 11.6 Å². The maximum atomic E-state index is 12.5. The summed E-state index contributed by atoms with van der Waals surface area (Å²) in [7, 11) is 0. The number of aromatic amines is 1. The lowest BCUT2D eigenvalue weighted by Gasteiger charge is -2.31. The molecule has 122 valence electrons. The zero-order chi connectivity index (χ0) is 16.5. The van der Waals surface area contributed by atoms with Crippen LogP contribution in [-0.4, -0.2) is 43.8 Å². The Balaban J connectivity index is 1.47. The average Bonchev–Trinajstić information content (AvgIpc) is 3.06. The van der Waals surface area contributed by atoms with Crippen LogP contribution in [0.3, 0.4) is 0 Å². The first-order chi connectivity index (χ1) is 11.7. The SMILES string of the molecule is O=C(c1ncc(Cl)cn1)N1CCC(c2c[nH]c3ncccc23)CC1. The van der Waals surface area contributed by atoms with Crippen molar-refractivity contribution in [3.05, 3.63) is 53.3 Å². The predicted octanol–water partition coefficient (Wildman–Crippen LogP) is 3.03. The number of rotatable bonds is 2. The van der Waals surface area contributed by atoms with Crippen LogP contribution in [0.4, 0.5) is 0 Å². The van der Waals surface area contributed by atoms with Crippen molar-refractivity contribution in [2.24, 2.45) is 0 Å². The standard InChI is InChI=1S/C17H16ClN5O/c18-12-8-20-16(21-9-12)17(24)23-6-3-11(4-7-23)14-10-22-15-13(14)2-1-5-19-15/h1-2,5,8-11H,3-4,6-7H2,(H,19,22). The minimum atomic E-state index is -0.134. The van der Waals surface area contributed by atoms with Crippen LogP contribution in [0.5, 0.6) is 0 Å². The molecule has 6 nitrogen and oxygen atoms in total. The summed E-state index contributed by atoms with van der Waals surface area (Å²) in [6.07, 6.45) is 8.57. The van der Waals surface area contributed by atoms with Crippen LogP contribution in [0.25, 0.3) is 11.0 Å². The Labute approximate surface area is 143 Å². The summed E-state index contributed by atoms with van der Waals surface area (Å²) in [5.41, 5.74) is 2.20.